The lowest BCUT2D eigenvalue weighted by atomic mass is 10.1. The van der Waals surface area contributed by atoms with Gasteiger partial charge in [-0.15, -0.1) is 0 Å². The summed E-state index contributed by atoms with van der Waals surface area (Å²) in [6, 6.07) is 18.4. The maximum absolute atomic E-state index is 13.1. The van der Waals surface area contributed by atoms with Crippen LogP contribution in [0.5, 0.6) is 0 Å². The number of para-hydroxylation sites is 1. The molecule has 0 unspecified atom stereocenters. The van der Waals surface area contributed by atoms with Crippen molar-refractivity contribution in [2.24, 2.45) is 0 Å². The lowest BCUT2D eigenvalue weighted by Gasteiger charge is -2.01. The number of pyridine rings is 1. The second kappa shape index (κ2) is 4.59. The van der Waals surface area contributed by atoms with Gasteiger partial charge in [0.25, 0.3) is 5.52 Å². The molecule has 0 aliphatic heterocycles. The zero-order chi connectivity index (χ0) is 14.2. The van der Waals surface area contributed by atoms with Gasteiger partial charge in [0, 0.05) is 28.2 Å². The molecule has 4 heteroatoms. The van der Waals surface area contributed by atoms with E-state index in [2.05, 4.69) is 10.1 Å². The summed E-state index contributed by atoms with van der Waals surface area (Å²) in [5.41, 5.74) is 3.56. The number of nitrogens with zero attached hydrogens (tertiary/aromatic N) is 3. The third kappa shape index (κ3) is 1.92. The van der Waals surface area contributed by atoms with E-state index < -0.39 is 0 Å². The van der Waals surface area contributed by atoms with Gasteiger partial charge in [-0.2, -0.15) is 0 Å². The second-order valence-corrected chi connectivity index (χ2v) is 4.80. The van der Waals surface area contributed by atoms with Crippen molar-refractivity contribution in [3.05, 3.63) is 72.8 Å². The van der Waals surface area contributed by atoms with Gasteiger partial charge in [0.1, 0.15) is 11.5 Å². The monoisotopic (exact) mass is 276 g/mol. The highest BCUT2D eigenvalue weighted by Gasteiger charge is 2.16. The van der Waals surface area contributed by atoms with E-state index in [1.54, 1.807) is 12.1 Å². The van der Waals surface area contributed by atoms with Crippen LogP contribution in [-0.4, -0.2) is 10.1 Å². The molecule has 0 fully saturated rings. The molecular formula is C17H11FN3+. The molecule has 0 aliphatic rings. The third-order valence-corrected chi connectivity index (χ3v) is 3.53. The van der Waals surface area contributed by atoms with Crippen LogP contribution in [0.4, 0.5) is 4.39 Å². The van der Waals surface area contributed by atoms with E-state index in [1.807, 2.05) is 40.9 Å². The highest BCUT2D eigenvalue weighted by molar-refractivity contribution is 5.81. The fourth-order valence-electron chi connectivity index (χ4n) is 2.53. The summed E-state index contributed by atoms with van der Waals surface area (Å²) >= 11 is 0. The van der Waals surface area contributed by atoms with Gasteiger partial charge >= 0.3 is 0 Å². The Morgan fingerprint density at radius 2 is 1.62 bits per heavy atom. The Kier molecular flexibility index (Phi) is 2.60. The van der Waals surface area contributed by atoms with Crippen LogP contribution < -0.4 is 4.52 Å². The molecule has 0 N–H and O–H groups in total. The van der Waals surface area contributed by atoms with Crippen LogP contribution in [0.15, 0.2) is 67.0 Å². The van der Waals surface area contributed by atoms with E-state index in [-0.39, 0.29) is 5.82 Å². The predicted octanol–water partition coefficient (Wildman–Crippen LogP) is 3.17. The van der Waals surface area contributed by atoms with Gasteiger partial charge in [0.2, 0.25) is 5.52 Å². The van der Waals surface area contributed by atoms with E-state index >= 15 is 0 Å². The number of hydrogen-bond donors (Lipinski definition) is 0. The number of fused-ring (bicyclic) bond motifs is 3. The molecule has 100 valence electrons. The average molecular weight is 276 g/mol. The zero-order valence-corrected chi connectivity index (χ0v) is 11.1. The van der Waals surface area contributed by atoms with E-state index in [4.69, 9.17) is 0 Å². The summed E-state index contributed by atoms with van der Waals surface area (Å²) in [6.07, 6.45) is 1.53. The maximum atomic E-state index is 13.1. The Morgan fingerprint density at radius 1 is 0.810 bits per heavy atom. The first-order valence-corrected chi connectivity index (χ1v) is 6.64. The fraction of sp³-hybridized carbons (Fsp3) is 0. The Balaban J connectivity index is 2.06. The van der Waals surface area contributed by atoms with Crippen LogP contribution in [0.3, 0.4) is 0 Å². The molecule has 0 amide bonds. The van der Waals surface area contributed by atoms with Gasteiger partial charge in [-0.05, 0) is 40.9 Å². The van der Waals surface area contributed by atoms with Crippen LogP contribution in [-0.2, 0) is 0 Å². The molecule has 4 rings (SSSR count). The maximum Gasteiger partial charge on any atom is 0.264 e. The summed E-state index contributed by atoms with van der Waals surface area (Å²) in [4.78, 5) is 4.36. The molecule has 3 nitrogen and oxygen atoms in total. The largest absolute Gasteiger partial charge is 0.264 e. The molecular weight excluding hydrogens is 265 g/mol. The SMILES string of the molecule is Fc1ccc(-c2ncn[n+]3c2ccc2ccccc23)cc1. The minimum atomic E-state index is -0.254. The Hall–Kier alpha value is -2.88. The van der Waals surface area contributed by atoms with Crippen molar-refractivity contribution in [1.29, 1.82) is 0 Å². The van der Waals surface area contributed by atoms with Crippen molar-refractivity contribution in [3.63, 3.8) is 0 Å². The highest BCUT2D eigenvalue weighted by Crippen LogP contribution is 2.21. The van der Waals surface area contributed by atoms with E-state index in [9.17, 15) is 4.39 Å². The van der Waals surface area contributed by atoms with Crippen molar-refractivity contribution in [3.8, 4) is 11.3 Å². The number of hydrogen-bond acceptors (Lipinski definition) is 2. The normalized spacial score (nSPS) is 11.1. The number of halogens is 1. The van der Waals surface area contributed by atoms with Crippen molar-refractivity contribution in [1.82, 2.24) is 10.1 Å². The van der Waals surface area contributed by atoms with Gasteiger partial charge in [-0.25, -0.2) is 9.37 Å². The standard InChI is InChI=1S/C17H11FN3/c18-14-8-5-13(6-9-14)17-16-10-7-12-3-1-2-4-15(12)21(16)20-11-19-17/h1-11H/q+1. The molecule has 0 saturated heterocycles. The second-order valence-electron chi connectivity index (χ2n) is 4.80. The molecule has 2 heterocycles. The molecule has 2 aromatic carbocycles. The van der Waals surface area contributed by atoms with E-state index in [1.165, 1.54) is 18.5 Å². The van der Waals surface area contributed by atoms with Crippen molar-refractivity contribution < 1.29 is 8.91 Å². The summed E-state index contributed by atoms with van der Waals surface area (Å²) in [5, 5.41) is 5.45. The van der Waals surface area contributed by atoms with Crippen LogP contribution in [0.1, 0.15) is 0 Å². The van der Waals surface area contributed by atoms with Crippen molar-refractivity contribution in [2.75, 3.05) is 0 Å². The van der Waals surface area contributed by atoms with Crippen LogP contribution in [0.2, 0.25) is 0 Å². The lowest BCUT2D eigenvalue weighted by Crippen LogP contribution is -2.28. The molecule has 0 spiro atoms. The van der Waals surface area contributed by atoms with Crippen molar-refractivity contribution in [2.45, 2.75) is 0 Å². The Bertz CT molecular complexity index is 949. The molecule has 0 bridgehead atoms. The molecule has 21 heavy (non-hydrogen) atoms. The minimum absolute atomic E-state index is 0.254. The Labute approximate surface area is 120 Å². The summed E-state index contributed by atoms with van der Waals surface area (Å²) < 4.78 is 14.9. The summed E-state index contributed by atoms with van der Waals surface area (Å²) in [7, 11) is 0. The first-order valence-electron chi connectivity index (χ1n) is 6.64. The van der Waals surface area contributed by atoms with Crippen molar-refractivity contribution >= 4 is 16.4 Å². The molecule has 0 radical (unpaired) electrons. The van der Waals surface area contributed by atoms with Gasteiger partial charge in [0.05, 0.1) is 0 Å². The van der Waals surface area contributed by atoms with Gasteiger partial charge in [-0.3, -0.25) is 0 Å². The molecule has 4 aromatic rings. The Morgan fingerprint density at radius 3 is 2.48 bits per heavy atom. The highest BCUT2D eigenvalue weighted by atomic mass is 19.1. The minimum Gasteiger partial charge on any atom is -0.223 e. The van der Waals surface area contributed by atoms with E-state index in [0.29, 0.717) is 0 Å². The number of rotatable bonds is 1. The summed E-state index contributed by atoms with van der Waals surface area (Å²) in [5.74, 6) is -0.254. The van der Waals surface area contributed by atoms with Crippen LogP contribution >= 0.6 is 0 Å². The van der Waals surface area contributed by atoms with Gasteiger partial charge in [-0.1, -0.05) is 12.1 Å². The quantitative estimate of drug-likeness (QED) is 0.395. The first-order chi connectivity index (χ1) is 10.3. The molecule has 0 aliphatic carbocycles. The average Bonchev–Trinajstić information content (AvgIpc) is 2.55. The summed E-state index contributed by atoms with van der Waals surface area (Å²) in [6.45, 7) is 0. The molecule has 0 saturated carbocycles. The van der Waals surface area contributed by atoms with Crippen LogP contribution in [0.25, 0.3) is 27.7 Å². The first kappa shape index (κ1) is 11.9. The van der Waals surface area contributed by atoms with E-state index in [0.717, 1.165) is 27.7 Å². The van der Waals surface area contributed by atoms with Gasteiger partial charge < -0.3 is 0 Å². The number of aromatic nitrogens is 3. The smallest absolute Gasteiger partial charge is 0.223 e. The molecule has 0 atom stereocenters. The lowest BCUT2D eigenvalue weighted by molar-refractivity contribution is -0.553. The van der Waals surface area contributed by atoms with Crippen LogP contribution in [0, 0.1) is 5.82 Å². The molecule has 2 aromatic heterocycles. The third-order valence-electron chi connectivity index (χ3n) is 3.53. The zero-order valence-electron chi connectivity index (χ0n) is 11.1. The van der Waals surface area contributed by atoms with Gasteiger partial charge in [0.15, 0.2) is 6.33 Å². The predicted molar refractivity (Wildman–Crippen MR) is 78.1 cm³/mol. The topological polar surface area (TPSA) is 29.9 Å². The number of benzene rings is 2. The fourth-order valence-corrected chi connectivity index (χ4v) is 2.53.